The topological polar surface area (TPSA) is 175 Å². The molecule has 35 heavy (non-hydrogen) atoms. The van der Waals surface area contributed by atoms with Crippen molar-refractivity contribution in [3.05, 3.63) is 33.6 Å². The molecule has 0 amide bonds. The lowest BCUT2D eigenvalue weighted by Crippen LogP contribution is -2.41. The SMILES string of the molecule is CCC(CC)(CC1OC(c2cc3nc(C)c(F)nc3[nH]c2=O)C(O)C1O)OP(=O)(O)C(C)(O)CC. The number of halogens is 1. The van der Waals surface area contributed by atoms with E-state index in [1.54, 1.807) is 20.8 Å². The first kappa shape index (κ1) is 27.8. The van der Waals surface area contributed by atoms with Crippen molar-refractivity contribution >= 4 is 18.8 Å². The Balaban J connectivity index is 1.92. The van der Waals surface area contributed by atoms with Gasteiger partial charge < -0.3 is 29.9 Å². The molecular formula is C22H33FN3O8P. The summed E-state index contributed by atoms with van der Waals surface area (Å²) in [6.07, 6.45) is -4.87. The summed E-state index contributed by atoms with van der Waals surface area (Å²) in [7, 11) is -4.50. The lowest BCUT2D eigenvalue weighted by Gasteiger charge is -2.39. The number of rotatable bonds is 9. The van der Waals surface area contributed by atoms with Crippen molar-refractivity contribution in [1.82, 2.24) is 15.0 Å². The van der Waals surface area contributed by atoms with Crippen molar-refractivity contribution in [3.63, 3.8) is 0 Å². The summed E-state index contributed by atoms with van der Waals surface area (Å²) in [6, 6.07) is 1.32. The van der Waals surface area contributed by atoms with E-state index in [1.165, 1.54) is 19.9 Å². The Bertz CT molecular complexity index is 1190. The van der Waals surface area contributed by atoms with Gasteiger partial charge in [-0.2, -0.15) is 9.37 Å². The number of fused-ring (bicyclic) bond motifs is 1. The highest BCUT2D eigenvalue weighted by atomic mass is 31.2. The number of hydrogen-bond acceptors (Lipinski definition) is 9. The highest BCUT2D eigenvalue weighted by Crippen LogP contribution is 2.59. The predicted octanol–water partition coefficient (Wildman–Crippen LogP) is 2.20. The van der Waals surface area contributed by atoms with Crippen molar-refractivity contribution in [2.24, 2.45) is 0 Å². The van der Waals surface area contributed by atoms with Gasteiger partial charge in [0.15, 0.2) is 11.0 Å². The molecule has 196 valence electrons. The molecule has 1 saturated heterocycles. The number of nitrogens with zero attached hydrogens (tertiary/aromatic N) is 2. The number of aryl methyl sites for hydroxylation is 1. The zero-order valence-corrected chi connectivity index (χ0v) is 21.3. The van der Waals surface area contributed by atoms with Crippen molar-refractivity contribution in [3.8, 4) is 0 Å². The molecule has 0 aliphatic carbocycles. The van der Waals surface area contributed by atoms with E-state index in [9.17, 15) is 34.0 Å². The molecule has 2 aromatic rings. The number of nitrogens with one attached hydrogen (secondary N) is 1. The van der Waals surface area contributed by atoms with Gasteiger partial charge in [-0.15, -0.1) is 0 Å². The fraction of sp³-hybridized carbons (Fsp3) is 0.682. The van der Waals surface area contributed by atoms with E-state index in [1.807, 2.05) is 0 Å². The normalized spacial score (nSPS) is 26.6. The summed E-state index contributed by atoms with van der Waals surface area (Å²) in [6.45, 7) is 7.64. The Morgan fingerprint density at radius 1 is 1.20 bits per heavy atom. The molecule has 3 rings (SSSR count). The fourth-order valence-corrected chi connectivity index (χ4v) is 5.57. The smallest absolute Gasteiger partial charge is 0.359 e. The summed E-state index contributed by atoms with van der Waals surface area (Å²) < 4.78 is 38.1. The number of aliphatic hydroxyl groups is 3. The van der Waals surface area contributed by atoms with Gasteiger partial charge in [0.2, 0.25) is 5.95 Å². The second-order valence-electron chi connectivity index (χ2n) is 9.24. The molecule has 6 atom stereocenters. The molecule has 2 aromatic heterocycles. The lowest BCUT2D eigenvalue weighted by atomic mass is 9.88. The third kappa shape index (κ3) is 5.20. The monoisotopic (exact) mass is 517 g/mol. The van der Waals surface area contributed by atoms with Crippen LogP contribution in [0.5, 0.6) is 0 Å². The van der Waals surface area contributed by atoms with Gasteiger partial charge in [-0.1, -0.05) is 20.8 Å². The van der Waals surface area contributed by atoms with Crippen LogP contribution in [0.1, 0.15) is 70.7 Å². The second kappa shape index (κ2) is 9.93. The minimum Gasteiger partial charge on any atom is -0.388 e. The van der Waals surface area contributed by atoms with Crippen LogP contribution in [0.25, 0.3) is 11.2 Å². The van der Waals surface area contributed by atoms with Crippen LogP contribution in [-0.4, -0.2) is 64.4 Å². The predicted molar refractivity (Wildman–Crippen MR) is 124 cm³/mol. The quantitative estimate of drug-likeness (QED) is 0.310. The van der Waals surface area contributed by atoms with E-state index in [-0.39, 0.29) is 48.1 Å². The van der Waals surface area contributed by atoms with Crippen molar-refractivity contribution < 1.29 is 38.4 Å². The lowest BCUT2D eigenvalue weighted by molar-refractivity contribution is -0.0619. The molecule has 1 aliphatic heterocycles. The highest BCUT2D eigenvalue weighted by Gasteiger charge is 2.51. The third-order valence-corrected chi connectivity index (χ3v) is 9.12. The Morgan fingerprint density at radius 3 is 2.40 bits per heavy atom. The van der Waals surface area contributed by atoms with Gasteiger partial charge in [0.1, 0.15) is 23.8 Å². The molecular weight excluding hydrogens is 484 g/mol. The molecule has 1 fully saturated rings. The van der Waals surface area contributed by atoms with Crippen LogP contribution in [0.2, 0.25) is 0 Å². The van der Waals surface area contributed by atoms with Gasteiger partial charge in [0.05, 0.1) is 23.0 Å². The zero-order chi connectivity index (χ0) is 26.3. The van der Waals surface area contributed by atoms with E-state index < -0.39 is 54.5 Å². The van der Waals surface area contributed by atoms with Crippen molar-refractivity contribution in [2.75, 3.05) is 0 Å². The number of ether oxygens (including phenoxy) is 1. The van der Waals surface area contributed by atoms with Crippen LogP contribution in [0.15, 0.2) is 10.9 Å². The summed E-state index contributed by atoms with van der Waals surface area (Å²) in [5.41, 5.74) is -1.87. The maximum absolute atomic E-state index is 13.7. The van der Waals surface area contributed by atoms with Gasteiger partial charge in [0.25, 0.3) is 5.56 Å². The number of hydrogen-bond donors (Lipinski definition) is 5. The first-order valence-corrected chi connectivity index (χ1v) is 13.1. The van der Waals surface area contributed by atoms with Gasteiger partial charge >= 0.3 is 7.60 Å². The van der Waals surface area contributed by atoms with E-state index in [2.05, 4.69) is 15.0 Å². The number of aliphatic hydroxyl groups excluding tert-OH is 2. The van der Waals surface area contributed by atoms with Gasteiger partial charge in [0, 0.05) is 6.42 Å². The second-order valence-corrected chi connectivity index (χ2v) is 11.4. The van der Waals surface area contributed by atoms with Crippen LogP contribution in [0, 0.1) is 12.9 Å². The molecule has 0 bridgehead atoms. The molecule has 0 aromatic carbocycles. The molecule has 0 spiro atoms. The average molecular weight is 517 g/mol. The van der Waals surface area contributed by atoms with Gasteiger partial charge in [-0.25, -0.2) is 4.98 Å². The molecule has 0 saturated carbocycles. The minimum absolute atomic E-state index is 0.0190. The summed E-state index contributed by atoms with van der Waals surface area (Å²) in [5.74, 6) is -0.827. The van der Waals surface area contributed by atoms with E-state index >= 15 is 0 Å². The van der Waals surface area contributed by atoms with Crippen LogP contribution in [-0.2, 0) is 13.8 Å². The Hall–Kier alpha value is -1.79. The van der Waals surface area contributed by atoms with Crippen LogP contribution < -0.4 is 5.56 Å². The third-order valence-electron chi connectivity index (χ3n) is 6.95. The minimum atomic E-state index is -4.50. The Labute approximate surface area is 201 Å². The largest absolute Gasteiger partial charge is 0.388 e. The molecule has 0 radical (unpaired) electrons. The first-order valence-electron chi connectivity index (χ1n) is 11.6. The van der Waals surface area contributed by atoms with Crippen molar-refractivity contribution in [1.29, 1.82) is 0 Å². The molecule has 13 heteroatoms. The standard InChI is InChI=1S/C22H33FN3O8P/c1-6-21(5,30)35(31,32)34-22(7-2,8-3)10-14-15(27)16(28)17(33-14)12-9-13-19(26-20(12)29)25-18(23)11(4)24-13/h9,14-17,27-28,30H,6-8,10H2,1-5H3,(H,31,32)(H,25,26,29). The Kier molecular flexibility index (Phi) is 7.88. The van der Waals surface area contributed by atoms with Crippen LogP contribution in [0.4, 0.5) is 4.39 Å². The van der Waals surface area contributed by atoms with E-state index in [4.69, 9.17) is 9.26 Å². The summed E-state index contributed by atoms with van der Waals surface area (Å²) in [5, 5.41) is 29.8. The number of H-pyrrole nitrogens is 1. The highest BCUT2D eigenvalue weighted by molar-refractivity contribution is 7.54. The summed E-state index contributed by atoms with van der Waals surface area (Å²) in [4.78, 5) is 33.3. The van der Waals surface area contributed by atoms with E-state index in [0.717, 1.165) is 0 Å². The molecule has 3 heterocycles. The maximum Gasteiger partial charge on any atom is 0.359 e. The number of pyridine rings is 1. The number of aromatic nitrogens is 3. The van der Waals surface area contributed by atoms with E-state index in [0.29, 0.717) is 0 Å². The Morgan fingerprint density at radius 2 is 1.83 bits per heavy atom. The van der Waals surface area contributed by atoms with Crippen LogP contribution in [0.3, 0.4) is 0 Å². The molecule has 1 aliphatic rings. The van der Waals surface area contributed by atoms with Crippen LogP contribution >= 0.6 is 7.60 Å². The molecule has 11 nitrogen and oxygen atoms in total. The first-order chi connectivity index (χ1) is 16.2. The van der Waals surface area contributed by atoms with Gasteiger partial charge in [-0.05, 0) is 39.2 Å². The zero-order valence-electron chi connectivity index (χ0n) is 20.4. The number of aromatic amines is 1. The molecule has 6 unspecified atom stereocenters. The summed E-state index contributed by atoms with van der Waals surface area (Å²) >= 11 is 0. The molecule has 5 N–H and O–H groups in total. The van der Waals surface area contributed by atoms with Crippen molar-refractivity contribution in [2.45, 2.75) is 95.7 Å². The average Bonchev–Trinajstić information content (AvgIpc) is 3.07. The maximum atomic E-state index is 13.7. The van der Waals surface area contributed by atoms with Gasteiger partial charge in [-0.3, -0.25) is 13.9 Å². The fourth-order valence-electron chi connectivity index (χ4n) is 4.12.